The predicted octanol–water partition coefficient (Wildman–Crippen LogP) is 3.51. The van der Waals surface area contributed by atoms with Crippen LogP contribution >= 0.6 is 0 Å². The first-order chi connectivity index (χ1) is 12.8. The summed E-state index contributed by atoms with van der Waals surface area (Å²) in [5, 5.41) is 7.65. The van der Waals surface area contributed by atoms with E-state index in [9.17, 15) is 9.18 Å². The summed E-state index contributed by atoms with van der Waals surface area (Å²) in [5.41, 5.74) is 5.39. The molecule has 2 aromatic heterocycles. The number of rotatable bonds is 2. The lowest BCUT2D eigenvalue weighted by molar-refractivity contribution is -0.116. The minimum absolute atomic E-state index is 0.151. The number of hydrogen-bond acceptors (Lipinski definition) is 3. The summed E-state index contributed by atoms with van der Waals surface area (Å²) >= 11 is 0. The monoisotopic (exact) mass is 367 g/mol. The maximum atomic E-state index is 15.0. The fraction of sp³-hybridized carbons (Fsp3) is 0.450. The quantitative estimate of drug-likeness (QED) is 0.728. The molecule has 6 nitrogen and oxygen atoms in total. The van der Waals surface area contributed by atoms with Crippen molar-refractivity contribution in [2.24, 2.45) is 11.3 Å². The van der Waals surface area contributed by atoms with Crippen molar-refractivity contribution >= 4 is 22.6 Å². The van der Waals surface area contributed by atoms with Gasteiger partial charge in [-0.05, 0) is 43.6 Å². The van der Waals surface area contributed by atoms with Crippen molar-refractivity contribution in [3.63, 3.8) is 0 Å². The lowest BCUT2D eigenvalue weighted by Crippen LogP contribution is -2.24. The first kappa shape index (κ1) is 16.5. The lowest BCUT2D eigenvalue weighted by Gasteiger charge is -2.18. The zero-order valence-corrected chi connectivity index (χ0v) is 15.9. The van der Waals surface area contributed by atoms with E-state index in [1.54, 1.807) is 20.0 Å². The van der Waals surface area contributed by atoms with Crippen LogP contribution in [-0.4, -0.2) is 33.1 Å². The number of nitrogens with zero attached hydrogens (tertiary/aromatic N) is 3. The van der Waals surface area contributed by atoms with Crippen molar-refractivity contribution < 1.29 is 9.18 Å². The SMILES string of the molecule is CC(=O)N(C)c1cc2nc(-c3n[nH]c4c3C[C@@H]3C[C@]3(C)C4)[nH]c2c(F)c1C. The third-order valence-corrected chi connectivity index (χ3v) is 6.52. The van der Waals surface area contributed by atoms with Crippen molar-refractivity contribution in [2.45, 2.75) is 40.0 Å². The van der Waals surface area contributed by atoms with Crippen molar-refractivity contribution in [2.75, 3.05) is 11.9 Å². The molecule has 0 bridgehead atoms. The maximum absolute atomic E-state index is 15.0. The lowest BCUT2D eigenvalue weighted by atomic mass is 9.88. The number of carbonyl (C=O) groups excluding carboxylic acids is 1. The number of benzene rings is 1. The maximum Gasteiger partial charge on any atom is 0.223 e. The van der Waals surface area contributed by atoms with Crippen LogP contribution in [0.15, 0.2) is 6.07 Å². The van der Waals surface area contributed by atoms with Crippen LogP contribution in [0.1, 0.15) is 37.1 Å². The Morgan fingerprint density at radius 1 is 1.44 bits per heavy atom. The Morgan fingerprint density at radius 2 is 2.22 bits per heavy atom. The molecule has 2 atom stereocenters. The van der Waals surface area contributed by atoms with Gasteiger partial charge in [-0.15, -0.1) is 0 Å². The van der Waals surface area contributed by atoms with E-state index in [2.05, 4.69) is 27.1 Å². The van der Waals surface area contributed by atoms with Gasteiger partial charge >= 0.3 is 0 Å². The number of halogens is 1. The molecule has 2 aliphatic rings. The van der Waals surface area contributed by atoms with E-state index < -0.39 is 0 Å². The molecule has 0 radical (unpaired) electrons. The summed E-state index contributed by atoms with van der Waals surface area (Å²) in [6.45, 7) is 5.46. The van der Waals surface area contributed by atoms with Gasteiger partial charge in [0, 0.05) is 30.8 Å². The number of amides is 1. The van der Waals surface area contributed by atoms with E-state index in [1.807, 2.05) is 0 Å². The number of aromatic nitrogens is 4. The number of imidazole rings is 1. The summed E-state index contributed by atoms with van der Waals surface area (Å²) < 4.78 is 15.0. The van der Waals surface area contributed by atoms with Crippen LogP contribution in [-0.2, 0) is 17.6 Å². The van der Waals surface area contributed by atoms with Crippen molar-refractivity contribution in [3.8, 4) is 11.5 Å². The molecule has 1 amide bonds. The van der Waals surface area contributed by atoms with Crippen LogP contribution in [0.4, 0.5) is 10.1 Å². The Labute approximate surface area is 156 Å². The number of anilines is 1. The van der Waals surface area contributed by atoms with Gasteiger partial charge in [-0.2, -0.15) is 5.10 Å². The standard InChI is InChI=1S/C20H22FN5O/c1-9-15(26(4)10(2)27)6-13-18(16(9)21)23-19(22-13)17-12-5-11-7-20(11,3)8-14(12)24-25-17/h6,11H,5,7-8H2,1-4H3,(H,22,23)(H,24,25)/t11-,20-/m1/s1. The highest BCUT2D eigenvalue weighted by Crippen LogP contribution is 2.59. The molecule has 2 heterocycles. The number of fused-ring (bicyclic) bond motifs is 3. The molecule has 1 fully saturated rings. The van der Waals surface area contributed by atoms with Gasteiger partial charge in [-0.3, -0.25) is 9.89 Å². The Hall–Kier alpha value is -2.70. The minimum Gasteiger partial charge on any atom is -0.334 e. The highest BCUT2D eigenvalue weighted by atomic mass is 19.1. The van der Waals surface area contributed by atoms with E-state index in [1.165, 1.54) is 29.5 Å². The van der Waals surface area contributed by atoms with Crippen LogP contribution in [0, 0.1) is 24.1 Å². The second-order valence-electron chi connectivity index (χ2n) is 8.36. The average Bonchev–Trinajstić information content (AvgIpc) is 2.94. The first-order valence-electron chi connectivity index (χ1n) is 9.28. The highest BCUT2D eigenvalue weighted by molar-refractivity contribution is 5.95. The van der Waals surface area contributed by atoms with E-state index in [-0.39, 0.29) is 11.7 Å². The third kappa shape index (κ3) is 2.27. The predicted molar refractivity (Wildman–Crippen MR) is 101 cm³/mol. The van der Waals surface area contributed by atoms with Crippen LogP contribution in [0.3, 0.4) is 0 Å². The largest absolute Gasteiger partial charge is 0.334 e. The molecular formula is C20H22FN5O. The molecule has 140 valence electrons. The zero-order valence-electron chi connectivity index (χ0n) is 15.9. The molecule has 5 rings (SSSR count). The molecule has 7 heteroatoms. The Balaban J connectivity index is 1.62. The molecule has 0 aliphatic heterocycles. The Kier molecular flexibility index (Phi) is 3.16. The highest BCUT2D eigenvalue weighted by Gasteiger charge is 2.53. The summed E-state index contributed by atoms with van der Waals surface area (Å²) in [4.78, 5) is 20.9. The van der Waals surface area contributed by atoms with Gasteiger partial charge in [-0.25, -0.2) is 9.37 Å². The van der Waals surface area contributed by atoms with E-state index >= 15 is 0 Å². The van der Waals surface area contributed by atoms with Gasteiger partial charge in [-0.1, -0.05) is 6.92 Å². The van der Waals surface area contributed by atoms with Crippen molar-refractivity contribution in [3.05, 3.63) is 28.7 Å². The Morgan fingerprint density at radius 3 is 2.96 bits per heavy atom. The Bertz CT molecular complexity index is 1110. The summed E-state index contributed by atoms with van der Waals surface area (Å²) in [7, 11) is 1.64. The molecule has 2 aliphatic carbocycles. The van der Waals surface area contributed by atoms with Crippen molar-refractivity contribution in [1.29, 1.82) is 0 Å². The minimum atomic E-state index is -0.381. The summed E-state index contributed by atoms with van der Waals surface area (Å²) in [5.74, 6) is 0.753. The van der Waals surface area contributed by atoms with Gasteiger partial charge in [0.05, 0.1) is 11.2 Å². The summed E-state index contributed by atoms with van der Waals surface area (Å²) in [6.07, 6.45) is 3.26. The first-order valence-corrected chi connectivity index (χ1v) is 9.28. The van der Waals surface area contributed by atoms with Gasteiger partial charge in [0.15, 0.2) is 11.6 Å². The topological polar surface area (TPSA) is 77.7 Å². The normalized spacial score (nSPS) is 23.2. The van der Waals surface area contributed by atoms with Gasteiger partial charge < -0.3 is 9.88 Å². The fourth-order valence-electron chi connectivity index (χ4n) is 4.48. The molecule has 1 saturated carbocycles. The fourth-order valence-corrected chi connectivity index (χ4v) is 4.48. The molecule has 2 N–H and O–H groups in total. The number of carbonyl (C=O) groups is 1. The van der Waals surface area contributed by atoms with E-state index in [0.29, 0.717) is 39.4 Å². The molecule has 1 aromatic carbocycles. The van der Waals surface area contributed by atoms with E-state index in [4.69, 9.17) is 0 Å². The number of nitrogens with one attached hydrogen (secondary N) is 2. The second kappa shape index (κ2) is 5.18. The molecule has 27 heavy (non-hydrogen) atoms. The number of H-pyrrole nitrogens is 2. The van der Waals surface area contributed by atoms with Crippen molar-refractivity contribution in [1.82, 2.24) is 20.2 Å². The van der Waals surface area contributed by atoms with Crippen LogP contribution in [0.5, 0.6) is 0 Å². The average molecular weight is 367 g/mol. The van der Waals surface area contributed by atoms with E-state index in [0.717, 1.165) is 18.5 Å². The van der Waals surface area contributed by atoms with Gasteiger partial charge in [0.1, 0.15) is 11.2 Å². The molecule has 3 aromatic rings. The van der Waals surface area contributed by atoms with Gasteiger partial charge in [0.25, 0.3) is 0 Å². The second-order valence-corrected chi connectivity index (χ2v) is 8.36. The zero-order chi connectivity index (χ0) is 19.1. The summed E-state index contributed by atoms with van der Waals surface area (Å²) in [6, 6.07) is 1.76. The number of hydrogen-bond donors (Lipinski definition) is 2. The van der Waals surface area contributed by atoms with Crippen LogP contribution in [0.2, 0.25) is 0 Å². The molecule has 0 saturated heterocycles. The molecule has 0 unspecified atom stereocenters. The smallest absolute Gasteiger partial charge is 0.223 e. The van der Waals surface area contributed by atoms with Crippen LogP contribution in [0.25, 0.3) is 22.6 Å². The third-order valence-electron chi connectivity index (χ3n) is 6.52. The molecule has 0 spiro atoms. The number of aromatic amines is 2. The molecular weight excluding hydrogens is 345 g/mol. The van der Waals surface area contributed by atoms with Crippen LogP contribution < -0.4 is 4.90 Å². The van der Waals surface area contributed by atoms with Gasteiger partial charge in [0.2, 0.25) is 5.91 Å².